The highest BCUT2D eigenvalue weighted by atomic mass is 32.2. The minimum atomic E-state index is -1.13. The lowest BCUT2D eigenvalue weighted by Gasteiger charge is -2.31. The Bertz CT molecular complexity index is 1240. The summed E-state index contributed by atoms with van der Waals surface area (Å²) < 4.78 is 30.3. The lowest BCUT2D eigenvalue weighted by Crippen LogP contribution is -2.46. The van der Waals surface area contributed by atoms with E-state index in [1.165, 1.54) is 22.7 Å². The fraction of sp³-hybridized carbons (Fsp3) is 0.320. The van der Waals surface area contributed by atoms with Gasteiger partial charge in [-0.2, -0.15) is 5.10 Å². The highest BCUT2D eigenvalue weighted by Crippen LogP contribution is 2.41. The van der Waals surface area contributed by atoms with E-state index in [4.69, 9.17) is 0 Å². The summed E-state index contributed by atoms with van der Waals surface area (Å²) >= 11 is 1.26. The zero-order valence-electron chi connectivity index (χ0n) is 18.6. The van der Waals surface area contributed by atoms with Crippen molar-refractivity contribution < 1.29 is 18.4 Å². The molecule has 1 saturated carbocycles. The number of aromatic nitrogens is 2. The van der Waals surface area contributed by atoms with E-state index in [0.29, 0.717) is 16.3 Å². The van der Waals surface area contributed by atoms with E-state index in [0.717, 1.165) is 43.5 Å². The van der Waals surface area contributed by atoms with Crippen LogP contribution in [0.4, 0.5) is 14.5 Å². The van der Waals surface area contributed by atoms with Gasteiger partial charge in [-0.15, -0.1) is 0 Å². The van der Waals surface area contributed by atoms with Gasteiger partial charge in [0, 0.05) is 17.7 Å². The maximum Gasteiger partial charge on any atom is 0.248 e. The molecule has 9 heteroatoms. The summed E-state index contributed by atoms with van der Waals surface area (Å²) in [6.07, 6.45) is 3.77. The Balaban J connectivity index is 1.67. The number of anilines is 1. The Morgan fingerprint density at radius 1 is 1.12 bits per heavy atom. The first-order valence-corrected chi connectivity index (χ1v) is 12.3. The standard InChI is InChI=1S/C25H24F2N4O2S/c1-15-22-23(24(33)28-17-7-5-6-8-17)30(20-12-11-16(26)13-19(20)27)21(32)14-34-25(22)31(29-15)18-9-3-2-4-10-18/h2-4,9-13,17,23H,5-8,14H2,1H3,(H,28,33)/t23-/m1/s1. The molecule has 0 saturated heterocycles. The molecule has 0 unspecified atom stereocenters. The number of fused-ring (bicyclic) bond motifs is 1. The molecule has 2 aliphatic rings. The van der Waals surface area contributed by atoms with Crippen molar-refractivity contribution in [3.05, 3.63) is 71.4 Å². The largest absolute Gasteiger partial charge is 0.351 e. The van der Waals surface area contributed by atoms with Gasteiger partial charge in [0.25, 0.3) is 0 Å². The highest BCUT2D eigenvalue weighted by molar-refractivity contribution is 8.00. The first kappa shape index (κ1) is 22.6. The Morgan fingerprint density at radius 2 is 1.85 bits per heavy atom. The Kier molecular flexibility index (Phi) is 6.12. The molecule has 2 amide bonds. The molecule has 176 valence electrons. The minimum Gasteiger partial charge on any atom is -0.351 e. The second kappa shape index (κ2) is 9.21. The molecule has 3 aromatic rings. The van der Waals surface area contributed by atoms with Crippen LogP contribution in [-0.4, -0.2) is 33.4 Å². The fourth-order valence-corrected chi connectivity index (χ4v) is 5.82. The van der Waals surface area contributed by atoms with Crippen LogP contribution in [0.25, 0.3) is 5.69 Å². The number of carbonyl (C=O) groups is 2. The molecule has 0 bridgehead atoms. The fourth-order valence-electron chi connectivity index (χ4n) is 4.74. The Morgan fingerprint density at radius 3 is 2.56 bits per heavy atom. The molecule has 2 heterocycles. The van der Waals surface area contributed by atoms with E-state index >= 15 is 0 Å². The SMILES string of the molecule is Cc1nn(-c2ccccc2)c2c1[C@H](C(=O)NC1CCCC1)N(c1ccc(F)cc1F)C(=O)CS2. The van der Waals surface area contributed by atoms with Crippen molar-refractivity contribution in [2.75, 3.05) is 10.7 Å². The Hall–Kier alpha value is -3.20. The van der Waals surface area contributed by atoms with Crippen LogP contribution in [0.3, 0.4) is 0 Å². The van der Waals surface area contributed by atoms with E-state index < -0.39 is 23.6 Å². The molecule has 6 nitrogen and oxygen atoms in total. The summed E-state index contributed by atoms with van der Waals surface area (Å²) in [4.78, 5) is 28.3. The maximum atomic E-state index is 14.9. The van der Waals surface area contributed by atoms with Gasteiger partial charge in [-0.1, -0.05) is 42.8 Å². The number of hydrogen-bond donors (Lipinski definition) is 1. The van der Waals surface area contributed by atoms with Gasteiger partial charge >= 0.3 is 0 Å². The third kappa shape index (κ3) is 4.09. The topological polar surface area (TPSA) is 67.2 Å². The number of thioether (sulfide) groups is 1. The van der Waals surface area contributed by atoms with Gasteiger partial charge in [0.2, 0.25) is 11.8 Å². The number of aryl methyl sites for hydroxylation is 1. The first-order chi connectivity index (χ1) is 16.4. The summed E-state index contributed by atoms with van der Waals surface area (Å²) in [5.41, 5.74) is 1.79. The number of benzene rings is 2. The molecule has 0 radical (unpaired) electrons. The number of hydrogen-bond acceptors (Lipinski definition) is 4. The van der Waals surface area contributed by atoms with Gasteiger partial charge < -0.3 is 5.32 Å². The second-order valence-electron chi connectivity index (χ2n) is 8.59. The van der Waals surface area contributed by atoms with E-state index in [2.05, 4.69) is 10.4 Å². The average molecular weight is 483 g/mol. The molecule has 1 aliphatic heterocycles. The predicted octanol–water partition coefficient (Wildman–Crippen LogP) is 4.70. The molecule has 1 aliphatic carbocycles. The Labute approximate surface area is 200 Å². The zero-order chi connectivity index (χ0) is 23.8. The molecule has 1 aromatic heterocycles. The van der Waals surface area contributed by atoms with Crippen LogP contribution in [0.15, 0.2) is 53.6 Å². The zero-order valence-corrected chi connectivity index (χ0v) is 19.4. The van der Waals surface area contributed by atoms with Crippen molar-refractivity contribution in [3.8, 4) is 5.69 Å². The number of nitrogens with one attached hydrogen (secondary N) is 1. The molecule has 2 aromatic carbocycles. The van der Waals surface area contributed by atoms with Gasteiger partial charge in [0.15, 0.2) is 0 Å². The number of halogens is 2. The quantitative estimate of drug-likeness (QED) is 0.586. The number of carbonyl (C=O) groups excluding carboxylic acids is 2. The van der Waals surface area contributed by atoms with Gasteiger partial charge in [-0.3, -0.25) is 14.5 Å². The summed E-state index contributed by atoms with van der Waals surface area (Å²) in [6.45, 7) is 1.78. The van der Waals surface area contributed by atoms with Gasteiger partial charge in [-0.05, 0) is 44.0 Å². The van der Waals surface area contributed by atoms with Crippen molar-refractivity contribution in [2.24, 2.45) is 0 Å². The normalized spacial score (nSPS) is 18.6. The smallest absolute Gasteiger partial charge is 0.248 e. The van der Waals surface area contributed by atoms with Gasteiger partial charge in [0.05, 0.1) is 22.8 Å². The van der Waals surface area contributed by atoms with Crippen LogP contribution in [0, 0.1) is 18.6 Å². The lowest BCUT2D eigenvalue weighted by molar-refractivity contribution is -0.126. The van der Waals surface area contributed by atoms with Crippen LogP contribution < -0.4 is 10.2 Å². The molecule has 1 atom stereocenters. The monoisotopic (exact) mass is 482 g/mol. The van der Waals surface area contributed by atoms with E-state index in [1.54, 1.807) is 11.6 Å². The van der Waals surface area contributed by atoms with Crippen LogP contribution in [0.2, 0.25) is 0 Å². The van der Waals surface area contributed by atoms with Gasteiger partial charge in [-0.25, -0.2) is 13.5 Å². The third-order valence-corrected chi connectivity index (χ3v) is 7.37. The third-order valence-electron chi connectivity index (χ3n) is 6.32. The number of rotatable bonds is 4. The molecule has 1 fully saturated rings. The van der Waals surface area contributed by atoms with Crippen LogP contribution in [0.5, 0.6) is 0 Å². The van der Waals surface area contributed by atoms with E-state index in [1.807, 2.05) is 30.3 Å². The van der Waals surface area contributed by atoms with Crippen molar-refractivity contribution >= 4 is 29.3 Å². The molecule has 34 heavy (non-hydrogen) atoms. The summed E-state index contributed by atoms with van der Waals surface area (Å²) in [6, 6.07) is 11.4. The predicted molar refractivity (Wildman–Crippen MR) is 126 cm³/mol. The highest BCUT2D eigenvalue weighted by Gasteiger charge is 2.42. The average Bonchev–Trinajstić information content (AvgIpc) is 3.41. The molecule has 0 spiro atoms. The molecular weight excluding hydrogens is 458 g/mol. The van der Waals surface area contributed by atoms with Crippen molar-refractivity contribution in [3.63, 3.8) is 0 Å². The van der Waals surface area contributed by atoms with Crippen molar-refractivity contribution in [1.29, 1.82) is 0 Å². The summed E-state index contributed by atoms with van der Waals surface area (Å²) in [5.74, 6) is -2.48. The van der Waals surface area contributed by atoms with Crippen LogP contribution in [0.1, 0.15) is 43.0 Å². The second-order valence-corrected chi connectivity index (χ2v) is 9.56. The molecular formula is C25H24F2N4O2S. The van der Waals surface area contributed by atoms with Crippen LogP contribution >= 0.6 is 11.8 Å². The minimum absolute atomic E-state index is 0.00588. The molecule has 1 N–H and O–H groups in total. The number of amides is 2. The summed E-state index contributed by atoms with van der Waals surface area (Å²) in [7, 11) is 0. The van der Waals surface area contributed by atoms with E-state index in [-0.39, 0.29) is 23.4 Å². The lowest BCUT2D eigenvalue weighted by atomic mass is 10.0. The van der Waals surface area contributed by atoms with Crippen molar-refractivity contribution in [2.45, 2.75) is 49.7 Å². The maximum absolute atomic E-state index is 14.9. The van der Waals surface area contributed by atoms with Gasteiger partial charge in [0.1, 0.15) is 22.7 Å². The molecule has 5 rings (SSSR count). The summed E-state index contributed by atoms with van der Waals surface area (Å²) in [5, 5.41) is 8.41. The number of para-hydroxylation sites is 1. The van der Waals surface area contributed by atoms with E-state index in [9.17, 15) is 18.4 Å². The first-order valence-electron chi connectivity index (χ1n) is 11.3. The van der Waals surface area contributed by atoms with Crippen LogP contribution in [-0.2, 0) is 9.59 Å². The number of nitrogens with zero attached hydrogens (tertiary/aromatic N) is 3. The van der Waals surface area contributed by atoms with Crippen molar-refractivity contribution in [1.82, 2.24) is 15.1 Å².